The lowest BCUT2D eigenvalue weighted by molar-refractivity contribution is 0.0899. The average Bonchev–Trinajstić information content (AvgIpc) is 1.35. The molecular formula is C3H5N2O. The third-order valence-electron chi connectivity index (χ3n) is 0.268. The first kappa shape index (κ1) is 5.25. The summed E-state index contributed by atoms with van der Waals surface area (Å²) in [6, 6.07) is 0. The summed E-state index contributed by atoms with van der Waals surface area (Å²) in [6.07, 6.45) is 0.542. The molecule has 1 unspecified atom stereocenters. The van der Waals surface area contributed by atoms with Crippen LogP contribution in [0.15, 0.2) is 0 Å². The molecular weight excluding hydrogens is 80.0 g/mol. The second-order valence-electron chi connectivity index (χ2n) is 0.898. The van der Waals surface area contributed by atoms with Gasteiger partial charge in [-0.2, -0.15) is 5.26 Å². The molecule has 6 heavy (non-hydrogen) atoms. The zero-order valence-electron chi connectivity index (χ0n) is 3.43. The Bertz CT molecular complexity index is 63.7. The van der Waals surface area contributed by atoms with Crippen molar-refractivity contribution in [1.29, 1.82) is 5.26 Å². The van der Waals surface area contributed by atoms with E-state index in [0.717, 1.165) is 0 Å². The normalized spacial score (nSPS) is 12.2. The van der Waals surface area contributed by atoms with E-state index in [1.165, 1.54) is 13.1 Å². The Balaban J connectivity index is 2.88. The lowest BCUT2D eigenvalue weighted by atomic mass is 10.7. The van der Waals surface area contributed by atoms with Gasteiger partial charge in [-0.25, -0.2) is 5.11 Å². The molecule has 0 aliphatic rings. The van der Waals surface area contributed by atoms with Crippen molar-refractivity contribution in [2.45, 2.75) is 13.2 Å². The van der Waals surface area contributed by atoms with Gasteiger partial charge in [0, 0.05) is 0 Å². The Kier molecular flexibility index (Phi) is 2.17. The van der Waals surface area contributed by atoms with Gasteiger partial charge in [0.15, 0.2) is 12.4 Å². The van der Waals surface area contributed by atoms with E-state index in [4.69, 9.17) is 5.26 Å². The van der Waals surface area contributed by atoms with Crippen molar-refractivity contribution in [1.82, 2.24) is 5.32 Å². The molecule has 0 aromatic carbocycles. The van der Waals surface area contributed by atoms with Gasteiger partial charge in [-0.05, 0) is 6.92 Å². The van der Waals surface area contributed by atoms with E-state index in [0.29, 0.717) is 0 Å². The number of nitriles is 1. The minimum atomic E-state index is -0.963. The van der Waals surface area contributed by atoms with Crippen LogP contribution in [0.1, 0.15) is 6.92 Å². The Hall–Kier alpha value is -0.750. The molecule has 1 radical (unpaired) electrons. The standard InChI is InChI=1S/C3H5N2O/c1-3(6)5-2-4/h3,5H,1H3. The van der Waals surface area contributed by atoms with Crippen LogP contribution < -0.4 is 5.32 Å². The molecule has 0 fully saturated rings. The molecule has 0 saturated carbocycles. The molecule has 0 rings (SSSR count). The van der Waals surface area contributed by atoms with Crippen molar-refractivity contribution in [3.63, 3.8) is 0 Å². The molecule has 0 aliphatic carbocycles. The number of nitrogens with zero attached hydrogens (tertiary/aromatic N) is 1. The number of hydrogen-bond donors (Lipinski definition) is 1. The minimum absolute atomic E-state index is 0.963. The van der Waals surface area contributed by atoms with Gasteiger partial charge in [-0.1, -0.05) is 0 Å². The van der Waals surface area contributed by atoms with Crippen LogP contribution in [-0.4, -0.2) is 6.23 Å². The van der Waals surface area contributed by atoms with E-state index in [1.54, 1.807) is 0 Å². The monoisotopic (exact) mass is 85.0 g/mol. The van der Waals surface area contributed by atoms with Crippen LogP contribution in [0.4, 0.5) is 0 Å². The number of nitrogens with one attached hydrogen (secondary N) is 1. The first-order chi connectivity index (χ1) is 2.77. The molecule has 0 spiro atoms. The van der Waals surface area contributed by atoms with Gasteiger partial charge in [0.2, 0.25) is 0 Å². The SMILES string of the molecule is CC([O])NC#N. The topological polar surface area (TPSA) is 55.7 Å². The first-order valence-electron chi connectivity index (χ1n) is 1.58. The average molecular weight is 85.1 g/mol. The smallest absolute Gasteiger partial charge is 0.178 e. The van der Waals surface area contributed by atoms with E-state index in [1.807, 2.05) is 5.32 Å². The fourth-order valence-corrected chi connectivity index (χ4v) is 0.0909. The van der Waals surface area contributed by atoms with Crippen molar-refractivity contribution >= 4 is 0 Å². The predicted octanol–water partition coefficient (Wildman–Crippen LogP) is -0.166. The molecule has 0 aliphatic heterocycles. The highest BCUT2D eigenvalue weighted by Gasteiger charge is 1.86. The van der Waals surface area contributed by atoms with Crippen molar-refractivity contribution < 1.29 is 5.11 Å². The molecule has 0 saturated heterocycles. The highest BCUT2D eigenvalue weighted by molar-refractivity contribution is 4.63. The van der Waals surface area contributed by atoms with Crippen LogP contribution in [0, 0.1) is 11.5 Å². The summed E-state index contributed by atoms with van der Waals surface area (Å²) in [5, 5.41) is 19.4. The molecule has 0 amide bonds. The van der Waals surface area contributed by atoms with E-state index >= 15 is 0 Å². The third-order valence-corrected chi connectivity index (χ3v) is 0.268. The van der Waals surface area contributed by atoms with Crippen LogP contribution in [-0.2, 0) is 5.11 Å². The van der Waals surface area contributed by atoms with Crippen LogP contribution in [0.2, 0.25) is 0 Å². The largest absolute Gasteiger partial charge is 0.294 e. The Morgan fingerprint density at radius 3 is 2.50 bits per heavy atom. The summed E-state index contributed by atoms with van der Waals surface area (Å²) in [6.45, 7) is 1.36. The second kappa shape index (κ2) is 2.49. The zero-order chi connectivity index (χ0) is 4.99. The highest BCUT2D eigenvalue weighted by Crippen LogP contribution is 1.64. The second-order valence-corrected chi connectivity index (χ2v) is 0.898. The van der Waals surface area contributed by atoms with Gasteiger partial charge in [0.05, 0.1) is 0 Å². The fraction of sp³-hybridized carbons (Fsp3) is 0.667. The van der Waals surface area contributed by atoms with E-state index in [9.17, 15) is 5.11 Å². The molecule has 3 nitrogen and oxygen atoms in total. The Morgan fingerprint density at radius 2 is 2.50 bits per heavy atom. The van der Waals surface area contributed by atoms with Gasteiger partial charge in [0.1, 0.15) is 0 Å². The molecule has 0 aromatic rings. The Morgan fingerprint density at radius 1 is 2.00 bits per heavy atom. The van der Waals surface area contributed by atoms with Gasteiger partial charge in [0.25, 0.3) is 0 Å². The van der Waals surface area contributed by atoms with Gasteiger partial charge in [-0.15, -0.1) is 0 Å². The maximum absolute atomic E-state index is 9.79. The van der Waals surface area contributed by atoms with E-state index in [-0.39, 0.29) is 0 Å². The summed E-state index contributed by atoms with van der Waals surface area (Å²) in [4.78, 5) is 0. The first-order valence-corrected chi connectivity index (χ1v) is 1.58. The summed E-state index contributed by atoms with van der Waals surface area (Å²) < 4.78 is 0. The zero-order valence-corrected chi connectivity index (χ0v) is 3.43. The predicted molar refractivity (Wildman–Crippen MR) is 18.9 cm³/mol. The lowest BCUT2D eigenvalue weighted by Crippen LogP contribution is -2.17. The molecule has 0 heterocycles. The van der Waals surface area contributed by atoms with Gasteiger partial charge >= 0.3 is 0 Å². The molecule has 0 aromatic heterocycles. The lowest BCUT2D eigenvalue weighted by Gasteiger charge is -1.89. The van der Waals surface area contributed by atoms with Crippen LogP contribution in [0.5, 0.6) is 0 Å². The van der Waals surface area contributed by atoms with Crippen molar-refractivity contribution in [2.75, 3.05) is 0 Å². The Labute approximate surface area is 36.2 Å². The third kappa shape index (κ3) is 3.25. The summed E-state index contributed by atoms with van der Waals surface area (Å²) >= 11 is 0. The van der Waals surface area contributed by atoms with Gasteiger partial charge < -0.3 is 0 Å². The number of hydrogen-bond acceptors (Lipinski definition) is 2. The van der Waals surface area contributed by atoms with Crippen molar-refractivity contribution in [3.8, 4) is 6.19 Å². The van der Waals surface area contributed by atoms with E-state index in [2.05, 4.69) is 0 Å². The summed E-state index contributed by atoms with van der Waals surface area (Å²) in [7, 11) is 0. The highest BCUT2D eigenvalue weighted by atomic mass is 16.3. The van der Waals surface area contributed by atoms with Crippen molar-refractivity contribution in [3.05, 3.63) is 0 Å². The fourth-order valence-electron chi connectivity index (χ4n) is 0.0909. The molecule has 1 N–H and O–H groups in total. The van der Waals surface area contributed by atoms with Crippen LogP contribution in [0.25, 0.3) is 0 Å². The van der Waals surface area contributed by atoms with Gasteiger partial charge in [-0.3, -0.25) is 5.32 Å². The summed E-state index contributed by atoms with van der Waals surface area (Å²) in [5.41, 5.74) is 0. The van der Waals surface area contributed by atoms with Crippen LogP contribution >= 0.6 is 0 Å². The molecule has 3 heteroatoms. The molecule has 1 atom stereocenters. The van der Waals surface area contributed by atoms with Crippen LogP contribution in [0.3, 0.4) is 0 Å². The maximum atomic E-state index is 9.79. The van der Waals surface area contributed by atoms with Crippen molar-refractivity contribution in [2.24, 2.45) is 0 Å². The summed E-state index contributed by atoms with van der Waals surface area (Å²) in [5.74, 6) is 0. The van der Waals surface area contributed by atoms with E-state index < -0.39 is 6.23 Å². The quantitative estimate of drug-likeness (QED) is 0.273. The maximum Gasteiger partial charge on any atom is 0.178 e. The minimum Gasteiger partial charge on any atom is -0.294 e. The molecule has 0 bridgehead atoms. The number of rotatable bonds is 1. The molecule has 33 valence electrons.